The molecular weight excluding hydrogens is 276 g/mol. The minimum Gasteiger partial charge on any atom is -0.382 e. The summed E-state index contributed by atoms with van der Waals surface area (Å²) >= 11 is 1.93. The van der Waals surface area contributed by atoms with E-state index in [4.69, 9.17) is 19.9 Å². The van der Waals surface area contributed by atoms with Gasteiger partial charge in [-0.2, -0.15) is 11.8 Å². The van der Waals surface area contributed by atoms with E-state index in [0.29, 0.717) is 31.2 Å². The summed E-state index contributed by atoms with van der Waals surface area (Å²) in [6.45, 7) is 7.43. The Kier molecular flexibility index (Phi) is 9.84. The molecule has 0 aliphatic carbocycles. The first-order valence-corrected chi connectivity index (χ1v) is 8.61. The van der Waals surface area contributed by atoms with Crippen LogP contribution in [0.1, 0.15) is 12.8 Å². The maximum Gasteiger partial charge on any atom is 0.0701 e. The van der Waals surface area contributed by atoms with Gasteiger partial charge in [0.2, 0.25) is 0 Å². The van der Waals surface area contributed by atoms with Gasteiger partial charge in [-0.25, -0.2) is 0 Å². The van der Waals surface area contributed by atoms with Crippen LogP contribution in [0.3, 0.4) is 0 Å². The van der Waals surface area contributed by atoms with Crippen molar-refractivity contribution in [1.82, 2.24) is 4.90 Å². The molecule has 1 rings (SSSR count). The molecule has 0 aromatic rings. The van der Waals surface area contributed by atoms with Gasteiger partial charge < -0.3 is 24.8 Å². The fraction of sp³-hybridized carbons (Fsp3) is 1.00. The molecule has 5 nitrogen and oxygen atoms in total. The summed E-state index contributed by atoms with van der Waals surface area (Å²) in [5, 5.41) is 0. The van der Waals surface area contributed by atoms with Gasteiger partial charge in [0.15, 0.2) is 0 Å². The van der Waals surface area contributed by atoms with Crippen molar-refractivity contribution in [3.05, 3.63) is 0 Å². The molecule has 0 radical (unpaired) electrons. The Morgan fingerprint density at radius 3 is 2.20 bits per heavy atom. The Bertz CT molecular complexity index is 230. The summed E-state index contributed by atoms with van der Waals surface area (Å²) in [7, 11) is 1.68. The van der Waals surface area contributed by atoms with Gasteiger partial charge in [0.05, 0.1) is 33.0 Å². The maximum atomic E-state index is 5.90. The van der Waals surface area contributed by atoms with Crippen molar-refractivity contribution in [2.24, 2.45) is 5.73 Å². The fourth-order valence-corrected chi connectivity index (χ4v) is 3.09. The molecule has 20 heavy (non-hydrogen) atoms. The molecule has 0 atom stereocenters. The van der Waals surface area contributed by atoms with Crippen LogP contribution in [0.2, 0.25) is 0 Å². The number of likely N-dealkylation sites (tertiary alicyclic amines) is 1. The average Bonchev–Trinajstić information content (AvgIpc) is 2.51. The number of hydrogen-bond acceptors (Lipinski definition) is 6. The van der Waals surface area contributed by atoms with E-state index in [1.807, 2.05) is 11.8 Å². The van der Waals surface area contributed by atoms with Crippen LogP contribution >= 0.6 is 11.8 Å². The van der Waals surface area contributed by atoms with Crippen molar-refractivity contribution in [3.8, 4) is 0 Å². The zero-order valence-electron chi connectivity index (χ0n) is 12.9. The first kappa shape index (κ1) is 18.2. The van der Waals surface area contributed by atoms with Crippen molar-refractivity contribution in [1.29, 1.82) is 0 Å². The molecule has 0 amide bonds. The molecule has 2 N–H and O–H groups in total. The standard InChI is InChI=1S/C14H30N2O3S/c1-17-9-10-19-12-11-18-8-7-16-5-3-14(13-15,20-2)4-6-16/h3-13,15H2,1-2H3. The monoisotopic (exact) mass is 306 g/mol. The number of piperidine rings is 1. The smallest absolute Gasteiger partial charge is 0.0701 e. The van der Waals surface area contributed by atoms with Gasteiger partial charge in [-0.3, -0.25) is 0 Å². The maximum absolute atomic E-state index is 5.90. The Balaban J connectivity index is 1.96. The summed E-state index contributed by atoms with van der Waals surface area (Å²) in [5.74, 6) is 0. The third kappa shape index (κ3) is 6.74. The van der Waals surface area contributed by atoms with Gasteiger partial charge in [0.1, 0.15) is 0 Å². The van der Waals surface area contributed by atoms with Gasteiger partial charge in [0, 0.05) is 24.9 Å². The van der Waals surface area contributed by atoms with Gasteiger partial charge >= 0.3 is 0 Å². The Labute approximate surface area is 127 Å². The largest absolute Gasteiger partial charge is 0.382 e. The SMILES string of the molecule is COCCOCCOCCN1CCC(CN)(SC)CC1. The molecule has 0 spiro atoms. The molecule has 0 aromatic heterocycles. The number of ether oxygens (including phenoxy) is 3. The molecule has 120 valence electrons. The number of nitrogens with two attached hydrogens (primary N) is 1. The Morgan fingerprint density at radius 1 is 1.05 bits per heavy atom. The minimum absolute atomic E-state index is 0.312. The second kappa shape index (κ2) is 10.8. The molecule has 1 aliphatic heterocycles. The third-order valence-electron chi connectivity index (χ3n) is 3.93. The highest BCUT2D eigenvalue weighted by Crippen LogP contribution is 2.33. The normalized spacial score (nSPS) is 19.4. The third-order valence-corrected chi connectivity index (χ3v) is 5.37. The van der Waals surface area contributed by atoms with Crippen LogP contribution in [0.15, 0.2) is 0 Å². The minimum atomic E-state index is 0.312. The van der Waals surface area contributed by atoms with Crippen LogP contribution in [-0.2, 0) is 14.2 Å². The molecule has 0 bridgehead atoms. The van der Waals surface area contributed by atoms with E-state index >= 15 is 0 Å². The zero-order valence-corrected chi connectivity index (χ0v) is 13.8. The number of nitrogens with zero attached hydrogens (tertiary/aromatic N) is 1. The number of thioether (sulfide) groups is 1. The first-order chi connectivity index (χ1) is 9.76. The van der Waals surface area contributed by atoms with Crippen LogP contribution in [0.5, 0.6) is 0 Å². The predicted molar refractivity (Wildman–Crippen MR) is 84.5 cm³/mol. The molecule has 0 unspecified atom stereocenters. The van der Waals surface area contributed by atoms with Crippen LogP contribution < -0.4 is 5.73 Å². The Morgan fingerprint density at radius 2 is 1.65 bits per heavy atom. The quantitative estimate of drug-likeness (QED) is 0.571. The lowest BCUT2D eigenvalue weighted by molar-refractivity contribution is 0.0178. The molecule has 0 aromatic carbocycles. The van der Waals surface area contributed by atoms with Crippen molar-refractivity contribution >= 4 is 11.8 Å². The number of hydrogen-bond donors (Lipinski definition) is 1. The summed E-state index contributed by atoms with van der Waals surface area (Å²) in [5.41, 5.74) is 5.90. The van der Waals surface area contributed by atoms with Crippen LogP contribution in [0.4, 0.5) is 0 Å². The zero-order chi connectivity index (χ0) is 14.7. The predicted octanol–water partition coefficient (Wildman–Crippen LogP) is 0.822. The second-order valence-corrected chi connectivity index (χ2v) is 6.42. The molecule has 6 heteroatoms. The van der Waals surface area contributed by atoms with Crippen molar-refractivity contribution in [3.63, 3.8) is 0 Å². The summed E-state index contributed by atoms with van der Waals surface area (Å²) in [6.07, 6.45) is 4.55. The highest BCUT2D eigenvalue weighted by molar-refractivity contribution is 8.00. The molecule has 1 aliphatic rings. The highest BCUT2D eigenvalue weighted by Gasteiger charge is 2.32. The summed E-state index contributed by atoms with van der Waals surface area (Å²) in [6, 6.07) is 0. The van der Waals surface area contributed by atoms with Crippen LogP contribution in [0, 0.1) is 0 Å². The van der Waals surface area contributed by atoms with Crippen molar-refractivity contribution in [2.75, 3.05) is 72.6 Å². The van der Waals surface area contributed by atoms with Crippen molar-refractivity contribution < 1.29 is 14.2 Å². The number of methoxy groups -OCH3 is 1. The van der Waals surface area contributed by atoms with E-state index in [1.165, 1.54) is 12.8 Å². The van der Waals surface area contributed by atoms with E-state index in [2.05, 4.69) is 11.2 Å². The van der Waals surface area contributed by atoms with E-state index < -0.39 is 0 Å². The first-order valence-electron chi connectivity index (χ1n) is 7.38. The molecule has 1 fully saturated rings. The van der Waals surface area contributed by atoms with Gasteiger partial charge in [-0.05, 0) is 32.2 Å². The Hall–Kier alpha value is 0.150. The second-order valence-electron chi connectivity index (χ2n) is 5.15. The molecular formula is C14H30N2O3S. The molecule has 1 heterocycles. The summed E-state index contributed by atoms with van der Waals surface area (Å²) < 4.78 is 16.1. The average molecular weight is 306 g/mol. The molecule has 0 saturated carbocycles. The van der Waals surface area contributed by atoms with Crippen LogP contribution in [-0.4, -0.2) is 82.2 Å². The highest BCUT2D eigenvalue weighted by atomic mass is 32.2. The van der Waals surface area contributed by atoms with Crippen LogP contribution in [0.25, 0.3) is 0 Å². The van der Waals surface area contributed by atoms with Gasteiger partial charge in [-0.1, -0.05) is 0 Å². The van der Waals surface area contributed by atoms with Gasteiger partial charge in [0.25, 0.3) is 0 Å². The van der Waals surface area contributed by atoms with Gasteiger partial charge in [-0.15, -0.1) is 0 Å². The topological polar surface area (TPSA) is 57.0 Å². The van der Waals surface area contributed by atoms with E-state index in [9.17, 15) is 0 Å². The lowest BCUT2D eigenvalue weighted by Gasteiger charge is -2.40. The lowest BCUT2D eigenvalue weighted by Crippen LogP contribution is -2.47. The van der Waals surface area contributed by atoms with Crippen molar-refractivity contribution in [2.45, 2.75) is 17.6 Å². The lowest BCUT2D eigenvalue weighted by atomic mass is 9.96. The summed E-state index contributed by atoms with van der Waals surface area (Å²) in [4.78, 5) is 2.47. The van der Waals surface area contributed by atoms with E-state index in [0.717, 1.165) is 32.8 Å². The molecule has 1 saturated heterocycles. The van der Waals surface area contributed by atoms with E-state index in [1.54, 1.807) is 7.11 Å². The fourth-order valence-electron chi connectivity index (χ4n) is 2.33. The van der Waals surface area contributed by atoms with E-state index in [-0.39, 0.29) is 0 Å². The number of rotatable bonds is 11.